The summed E-state index contributed by atoms with van der Waals surface area (Å²) < 4.78 is 13.3. The zero-order chi connectivity index (χ0) is 24.5. The van der Waals surface area contributed by atoms with Crippen molar-refractivity contribution in [3.05, 3.63) is 81.2 Å². The normalized spacial score (nSPS) is 12.0. The largest absolute Gasteiger partial charge is 0.495 e. The maximum atomic E-state index is 11.9. The number of hydrogen-bond donors (Lipinski definition) is 1. The highest BCUT2D eigenvalue weighted by Gasteiger charge is 2.26. The van der Waals surface area contributed by atoms with Gasteiger partial charge in [0.05, 0.1) is 42.6 Å². The van der Waals surface area contributed by atoms with Crippen molar-refractivity contribution in [1.82, 2.24) is 19.7 Å². The summed E-state index contributed by atoms with van der Waals surface area (Å²) in [5.74, 6) is 0.506. The summed E-state index contributed by atoms with van der Waals surface area (Å²) in [6.45, 7) is 0. The first-order valence-electron chi connectivity index (χ1n) is 11.2. The lowest BCUT2D eigenvalue weighted by Gasteiger charge is -2.17. The smallest absolute Gasteiger partial charge is 0.337 e. The molecule has 1 N–H and O–H groups in total. The second-order valence-electron chi connectivity index (χ2n) is 8.30. The number of esters is 1. The maximum absolute atomic E-state index is 11.9. The van der Waals surface area contributed by atoms with Gasteiger partial charge in [-0.1, -0.05) is 28.1 Å². The molecule has 2 aromatic carbocycles. The van der Waals surface area contributed by atoms with Crippen LogP contribution in [0, 0.1) is 0 Å². The Bertz CT molecular complexity index is 1430. The SMILES string of the molecule is COC(=O)c1ccc(Nc2ncc3c(n2)-c2c(nn(C)c2Cc2cccc(Br)c2)CC3)c(OC)c1. The van der Waals surface area contributed by atoms with Crippen LogP contribution >= 0.6 is 15.9 Å². The Morgan fingerprint density at radius 1 is 1.17 bits per heavy atom. The molecule has 8 nitrogen and oxygen atoms in total. The molecule has 0 bridgehead atoms. The first-order chi connectivity index (χ1) is 17.0. The number of ether oxygens (including phenoxy) is 2. The van der Waals surface area contributed by atoms with Crippen LogP contribution in [0.15, 0.2) is 53.1 Å². The minimum atomic E-state index is -0.429. The van der Waals surface area contributed by atoms with Gasteiger partial charge in [-0.05, 0) is 54.3 Å². The van der Waals surface area contributed by atoms with E-state index in [1.807, 2.05) is 30.1 Å². The molecule has 0 amide bonds. The van der Waals surface area contributed by atoms with Gasteiger partial charge in [0.1, 0.15) is 5.75 Å². The van der Waals surface area contributed by atoms with Crippen LogP contribution in [0.2, 0.25) is 0 Å². The van der Waals surface area contributed by atoms with Crippen LogP contribution in [-0.4, -0.2) is 39.9 Å². The third-order valence-corrected chi connectivity index (χ3v) is 6.59. The molecule has 2 aromatic heterocycles. The molecule has 1 aliphatic rings. The molecule has 0 atom stereocenters. The van der Waals surface area contributed by atoms with Crippen molar-refractivity contribution < 1.29 is 14.3 Å². The predicted molar refractivity (Wildman–Crippen MR) is 136 cm³/mol. The van der Waals surface area contributed by atoms with Gasteiger partial charge in [-0.2, -0.15) is 5.10 Å². The molecule has 0 radical (unpaired) electrons. The highest BCUT2D eigenvalue weighted by molar-refractivity contribution is 9.10. The first-order valence-corrected chi connectivity index (χ1v) is 11.9. The fraction of sp³-hybridized carbons (Fsp3) is 0.231. The molecule has 0 saturated heterocycles. The summed E-state index contributed by atoms with van der Waals surface area (Å²) in [6.07, 6.45) is 4.31. The van der Waals surface area contributed by atoms with Gasteiger partial charge in [-0.3, -0.25) is 4.68 Å². The molecule has 5 rings (SSSR count). The van der Waals surface area contributed by atoms with Crippen molar-refractivity contribution in [3.63, 3.8) is 0 Å². The van der Waals surface area contributed by atoms with Gasteiger partial charge in [0.25, 0.3) is 0 Å². The van der Waals surface area contributed by atoms with E-state index < -0.39 is 5.97 Å². The van der Waals surface area contributed by atoms with E-state index in [1.165, 1.54) is 12.7 Å². The Balaban J connectivity index is 1.51. The standard InChI is InChI=1S/C26H24BrN5O3/c1-32-21(12-15-5-4-6-18(27)11-15)23-20(31-32)10-8-17-14-28-26(30-24(17)23)29-19-9-7-16(25(33)35-3)13-22(19)34-2/h4-7,9,11,13-14H,8,10,12H2,1-3H3,(H,28,29,30). The van der Waals surface area contributed by atoms with Gasteiger partial charge in [0.15, 0.2) is 0 Å². The Labute approximate surface area is 211 Å². The van der Waals surface area contributed by atoms with Crippen LogP contribution in [0.5, 0.6) is 5.75 Å². The number of rotatable bonds is 6. The number of methoxy groups -OCH3 is 2. The van der Waals surface area contributed by atoms with Crippen molar-refractivity contribution in [2.45, 2.75) is 19.3 Å². The van der Waals surface area contributed by atoms with Crippen molar-refractivity contribution in [2.75, 3.05) is 19.5 Å². The van der Waals surface area contributed by atoms with E-state index in [9.17, 15) is 4.79 Å². The van der Waals surface area contributed by atoms with E-state index in [0.29, 0.717) is 22.9 Å². The Kier molecular flexibility index (Phi) is 6.25. The van der Waals surface area contributed by atoms with Gasteiger partial charge in [-0.25, -0.2) is 14.8 Å². The molecule has 178 valence electrons. The lowest BCUT2D eigenvalue weighted by atomic mass is 9.91. The molecule has 4 aromatic rings. The number of halogens is 1. The molecule has 2 heterocycles. The van der Waals surface area contributed by atoms with E-state index in [0.717, 1.165) is 51.9 Å². The zero-order valence-electron chi connectivity index (χ0n) is 19.6. The van der Waals surface area contributed by atoms with Crippen LogP contribution < -0.4 is 10.1 Å². The average Bonchev–Trinajstić information content (AvgIpc) is 3.19. The fourth-order valence-electron chi connectivity index (χ4n) is 4.39. The van der Waals surface area contributed by atoms with Crippen LogP contribution in [-0.2, 0) is 31.0 Å². The summed E-state index contributed by atoms with van der Waals surface area (Å²) in [7, 11) is 4.88. The summed E-state index contributed by atoms with van der Waals surface area (Å²) in [4.78, 5) is 21.3. The lowest BCUT2D eigenvalue weighted by molar-refractivity contribution is 0.0600. The third-order valence-electron chi connectivity index (χ3n) is 6.10. The van der Waals surface area contributed by atoms with Crippen LogP contribution in [0.1, 0.15) is 32.9 Å². The Hall–Kier alpha value is -3.72. The summed E-state index contributed by atoms with van der Waals surface area (Å²) in [6, 6.07) is 13.4. The van der Waals surface area contributed by atoms with Crippen molar-refractivity contribution in [1.29, 1.82) is 0 Å². The summed E-state index contributed by atoms with van der Waals surface area (Å²) >= 11 is 3.57. The summed E-state index contributed by atoms with van der Waals surface area (Å²) in [5.41, 5.74) is 7.48. The fourth-order valence-corrected chi connectivity index (χ4v) is 4.84. The first kappa shape index (κ1) is 23.0. The molecule has 0 fully saturated rings. The van der Waals surface area contributed by atoms with Gasteiger partial charge in [0.2, 0.25) is 5.95 Å². The van der Waals surface area contributed by atoms with Gasteiger partial charge >= 0.3 is 5.97 Å². The molecule has 9 heteroatoms. The predicted octanol–water partition coefficient (Wildman–Crippen LogP) is 4.87. The van der Waals surface area contributed by atoms with E-state index in [2.05, 4.69) is 38.4 Å². The number of nitrogens with one attached hydrogen (secondary N) is 1. The number of benzene rings is 2. The molecule has 0 unspecified atom stereocenters. The number of anilines is 2. The number of hydrogen-bond acceptors (Lipinski definition) is 7. The van der Waals surface area contributed by atoms with Gasteiger partial charge in [-0.15, -0.1) is 0 Å². The molecule has 0 saturated carbocycles. The van der Waals surface area contributed by atoms with E-state index in [1.54, 1.807) is 25.3 Å². The number of fused-ring (bicyclic) bond motifs is 3. The van der Waals surface area contributed by atoms with Crippen LogP contribution in [0.3, 0.4) is 0 Å². The molecular formula is C26H24BrN5O3. The molecule has 0 aliphatic heterocycles. The molecular weight excluding hydrogens is 510 g/mol. The van der Waals surface area contributed by atoms with Crippen LogP contribution in [0.25, 0.3) is 11.3 Å². The summed E-state index contributed by atoms with van der Waals surface area (Å²) in [5, 5.41) is 8.04. The quantitative estimate of drug-likeness (QED) is 0.353. The number of aromatic nitrogens is 4. The van der Waals surface area contributed by atoms with E-state index >= 15 is 0 Å². The molecule has 0 spiro atoms. The minimum Gasteiger partial charge on any atom is -0.495 e. The molecule has 1 aliphatic carbocycles. The maximum Gasteiger partial charge on any atom is 0.337 e. The van der Waals surface area contributed by atoms with Crippen molar-refractivity contribution >= 4 is 33.5 Å². The third kappa shape index (κ3) is 4.51. The van der Waals surface area contributed by atoms with Gasteiger partial charge < -0.3 is 14.8 Å². The van der Waals surface area contributed by atoms with E-state index in [4.69, 9.17) is 19.6 Å². The number of nitrogens with zero attached hydrogens (tertiary/aromatic N) is 4. The van der Waals surface area contributed by atoms with E-state index in [-0.39, 0.29) is 0 Å². The Morgan fingerprint density at radius 3 is 2.80 bits per heavy atom. The van der Waals surface area contributed by atoms with Crippen LogP contribution in [0.4, 0.5) is 11.6 Å². The molecule has 35 heavy (non-hydrogen) atoms. The second-order valence-corrected chi connectivity index (χ2v) is 9.21. The Morgan fingerprint density at radius 2 is 2.03 bits per heavy atom. The average molecular weight is 534 g/mol. The highest BCUT2D eigenvalue weighted by atomic mass is 79.9. The monoisotopic (exact) mass is 533 g/mol. The van der Waals surface area contributed by atoms with Gasteiger partial charge in [0, 0.05) is 29.7 Å². The highest BCUT2D eigenvalue weighted by Crippen LogP contribution is 2.36. The number of carbonyl (C=O) groups excluding carboxylic acids is 1. The minimum absolute atomic E-state index is 0.401. The van der Waals surface area contributed by atoms with Crippen molar-refractivity contribution in [2.24, 2.45) is 7.05 Å². The topological polar surface area (TPSA) is 91.2 Å². The van der Waals surface area contributed by atoms with Crippen molar-refractivity contribution in [3.8, 4) is 17.0 Å². The second kappa shape index (κ2) is 9.50. The lowest BCUT2D eigenvalue weighted by Crippen LogP contribution is -2.10. The zero-order valence-corrected chi connectivity index (χ0v) is 21.2. The number of carbonyl (C=O) groups is 1. The number of aryl methyl sites for hydroxylation is 3.